The molecule has 0 N–H and O–H groups in total. The van der Waals surface area contributed by atoms with Crippen LogP contribution in [0.5, 0.6) is 0 Å². The highest BCUT2D eigenvalue weighted by Crippen LogP contribution is 2.18. The van der Waals surface area contributed by atoms with Crippen molar-refractivity contribution in [2.45, 2.75) is 6.54 Å². The van der Waals surface area contributed by atoms with Gasteiger partial charge in [0, 0.05) is 17.0 Å². The zero-order valence-corrected chi connectivity index (χ0v) is 9.94. The zero-order chi connectivity index (χ0) is 12.3. The molecule has 0 amide bonds. The van der Waals surface area contributed by atoms with E-state index in [2.05, 4.69) is 9.84 Å². The summed E-state index contributed by atoms with van der Waals surface area (Å²) in [6, 6.07) is 4.93. The number of thiophene rings is 1. The Morgan fingerprint density at radius 2 is 2.29 bits per heavy atom. The molecule has 0 aliphatic carbocycles. The van der Waals surface area contributed by atoms with E-state index in [-0.39, 0.29) is 12.1 Å². The van der Waals surface area contributed by atoms with Gasteiger partial charge in [-0.25, -0.2) is 4.68 Å². The molecule has 0 spiro atoms. The lowest BCUT2D eigenvalue weighted by molar-refractivity contribution is -0.141. The highest BCUT2D eigenvalue weighted by Gasteiger charge is 2.07. The minimum Gasteiger partial charge on any atom is -0.468 e. The molecule has 5 nitrogen and oxygen atoms in total. The van der Waals surface area contributed by atoms with Gasteiger partial charge in [0.2, 0.25) is 0 Å². The number of esters is 1. The Hall–Kier alpha value is -1.95. The minimum absolute atomic E-state index is 0.173. The molecule has 0 bridgehead atoms. The first kappa shape index (κ1) is 11.5. The van der Waals surface area contributed by atoms with Crippen LogP contribution in [0.15, 0.2) is 33.8 Å². The fourth-order valence-electron chi connectivity index (χ4n) is 1.31. The number of methoxy groups -OCH3 is 1. The Balaban J connectivity index is 2.36. The first-order valence-electron chi connectivity index (χ1n) is 4.88. The zero-order valence-electron chi connectivity index (χ0n) is 9.12. The van der Waals surface area contributed by atoms with Crippen molar-refractivity contribution in [3.8, 4) is 11.3 Å². The Bertz CT molecular complexity index is 575. The van der Waals surface area contributed by atoms with Crippen molar-refractivity contribution < 1.29 is 9.53 Å². The maximum atomic E-state index is 11.5. The van der Waals surface area contributed by atoms with Gasteiger partial charge in [-0.3, -0.25) is 9.59 Å². The molecule has 0 radical (unpaired) electrons. The molecule has 6 heteroatoms. The second-order valence-electron chi connectivity index (χ2n) is 3.30. The smallest absolute Gasteiger partial charge is 0.327 e. The van der Waals surface area contributed by atoms with Gasteiger partial charge in [0.05, 0.1) is 12.8 Å². The van der Waals surface area contributed by atoms with Gasteiger partial charge in [-0.05, 0) is 17.5 Å². The van der Waals surface area contributed by atoms with E-state index in [9.17, 15) is 9.59 Å². The van der Waals surface area contributed by atoms with Crippen molar-refractivity contribution >= 4 is 17.3 Å². The van der Waals surface area contributed by atoms with Crippen molar-refractivity contribution in [3.05, 3.63) is 39.3 Å². The molecule has 0 unspecified atom stereocenters. The highest BCUT2D eigenvalue weighted by molar-refractivity contribution is 7.08. The van der Waals surface area contributed by atoms with Crippen molar-refractivity contribution in [2.75, 3.05) is 7.11 Å². The Morgan fingerprint density at radius 3 is 2.94 bits per heavy atom. The van der Waals surface area contributed by atoms with Gasteiger partial charge in [0.15, 0.2) is 0 Å². The van der Waals surface area contributed by atoms with Crippen LogP contribution in [-0.2, 0) is 16.1 Å². The van der Waals surface area contributed by atoms with Crippen LogP contribution in [0, 0.1) is 0 Å². The van der Waals surface area contributed by atoms with Crippen LogP contribution in [0.1, 0.15) is 0 Å². The van der Waals surface area contributed by atoms with E-state index in [4.69, 9.17) is 0 Å². The van der Waals surface area contributed by atoms with Crippen molar-refractivity contribution in [3.63, 3.8) is 0 Å². The lowest BCUT2D eigenvalue weighted by Gasteiger charge is -2.04. The number of ether oxygens (including phenoxy) is 1. The number of carbonyl (C=O) groups is 1. The molecule has 2 rings (SSSR count). The van der Waals surface area contributed by atoms with E-state index in [0.29, 0.717) is 5.69 Å². The Morgan fingerprint density at radius 1 is 1.47 bits per heavy atom. The van der Waals surface area contributed by atoms with Crippen LogP contribution >= 0.6 is 11.3 Å². The van der Waals surface area contributed by atoms with Gasteiger partial charge in [-0.2, -0.15) is 16.4 Å². The molecule has 88 valence electrons. The van der Waals surface area contributed by atoms with Gasteiger partial charge in [-0.15, -0.1) is 0 Å². The van der Waals surface area contributed by atoms with E-state index < -0.39 is 5.97 Å². The fraction of sp³-hybridized carbons (Fsp3) is 0.182. The average molecular weight is 250 g/mol. The van der Waals surface area contributed by atoms with Crippen LogP contribution in [0.3, 0.4) is 0 Å². The predicted molar refractivity (Wildman–Crippen MR) is 63.8 cm³/mol. The van der Waals surface area contributed by atoms with Crippen LogP contribution in [0.25, 0.3) is 11.3 Å². The summed E-state index contributed by atoms with van der Waals surface area (Å²) in [6.07, 6.45) is 0. The van der Waals surface area contributed by atoms with Crippen molar-refractivity contribution in [1.29, 1.82) is 0 Å². The largest absolute Gasteiger partial charge is 0.468 e. The summed E-state index contributed by atoms with van der Waals surface area (Å²) in [5.74, 6) is -0.498. The monoisotopic (exact) mass is 250 g/mol. The first-order chi connectivity index (χ1) is 8.20. The minimum atomic E-state index is -0.498. The highest BCUT2D eigenvalue weighted by atomic mass is 32.1. The van der Waals surface area contributed by atoms with Crippen LogP contribution in [-0.4, -0.2) is 22.9 Å². The molecular formula is C11H10N2O3S. The molecular weight excluding hydrogens is 240 g/mol. The Labute approximate surface area is 101 Å². The summed E-state index contributed by atoms with van der Waals surface area (Å²) in [6.45, 7) is -0.173. The normalized spacial score (nSPS) is 10.2. The molecule has 17 heavy (non-hydrogen) atoms. The SMILES string of the molecule is COC(=O)Cn1nc(-c2ccsc2)ccc1=O. The summed E-state index contributed by atoms with van der Waals surface area (Å²) in [5, 5.41) is 7.96. The van der Waals surface area contributed by atoms with Crippen molar-refractivity contribution in [2.24, 2.45) is 0 Å². The average Bonchev–Trinajstić information content (AvgIpc) is 2.85. The molecule has 0 atom stereocenters. The van der Waals surface area contributed by atoms with E-state index in [1.807, 2.05) is 16.8 Å². The van der Waals surface area contributed by atoms with E-state index in [1.165, 1.54) is 13.2 Å². The predicted octanol–water partition coefficient (Wildman–Crippen LogP) is 1.14. The molecule has 0 aromatic carbocycles. The fourth-order valence-corrected chi connectivity index (χ4v) is 1.96. The second kappa shape index (κ2) is 4.92. The van der Waals surface area contributed by atoms with E-state index in [1.54, 1.807) is 17.4 Å². The summed E-state index contributed by atoms with van der Waals surface area (Å²) >= 11 is 1.54. The lowest BCUT2D eigenvalue weighted by Crippen LogP contribution is -2.26. The number of hydrogen-bond donors (Lipinski definition) is 0. The van der Waals surface area contributed by atoms with Gasteiger partial charge in [0.25, 0.3) is 5.56 Å². The standard InChI is InChI=1S/C11H10N2O3S/c1-16-11(15)6-13-10(14)3-2-9(12-13)8-4-5-17-7-8/h2-5,7H,6H2,1H3. The number of hydrogen-bond acceptors (Lipinski definition) is 5. The first-order valence-corrected chi connectivity index (χ1v) is 5.82. The third-order valence-electron chi connectivity index (χ3n) is 2.19. The second-order valence-corrected chi connectivity index (χ2v) is 4.08. The quantitative estimate of drug-likeness (QED) is 0.766. The molecule has 0 saturated carbocycles. The molecule has 2 heterocycles. The van der Waals surface area contributed by atoms with Crippen molar-refractivity contribution in [1.82, 2.24) is 9.78 Å². The summed E-state index contributed by atoms with van der Waals surface area (Å²) in [4.78, 5) is 22.6. The number of rotatable bonds is 3. The van der Waals surface area contributed by atoms with Gasteiger partial charge >= 0.3 is 5.97 Å². The third kappa shape index (κ3) is 2.59. The number of carbonyl (C=O) groups excluding carboxylic acids is 1. The maximum Gasteiger partial charge on any atom is 0.327 e. The van der Waals surface area contributed by atoms with E-state index in [0.717, 1.165) is 10.2 Å². The van der Waals surface area contributed by atoms with Gasteiger partial charge < -0.3 is 4.74 Å². The van der Waals surface area contributed by atoms with Crippen LogP contribution in [0.2, 0.25) is 0 Å². The van der Waals surface area contributed by atoms with Gasteiger partial charge in [-0.1, -0.05) is 0 Å². The molecule has 0 saturated heterocycles. The van der Waals surface area contributed by atoms with Crippen LogP contribution < -0.4 is 5.56 Å². The molecule has 0 aliphatic heterocycles. The molecule has 0 aliphatic rings. The van der Waals surface area contributed by atoms with Gasteiger partial charge in [0.1, 0.15) is 6.54 Å². The molecule has 2 aromatic rings. The topological polar surface area (TPSA) is 61.2 Å². The third-order valence-corrected chi connectivity index (χ3v) is 2.87. The molecule has 0 fully saturated rings. The van der Waals surface area contributed by atoms with Crippen LogP contribution in [0.4, 0.5) is 0 Å². The number of aromatic nitrogens is 2. The maximum absolute atomic E-state index is 11.5. The summed E-state index contributed by atoms with van der Waals surface area (Å²) in [5.41, 5.74) is 1.26. The Kier molecular flexibility index (Phi) is 3.34. The summed E-state index contributed by atoms with van der Waals surface area (Å²) in [7, 11) is 1.27. The summed E-state index contributed by atoms with van der Waals surface area (Å²) < 4.78 is 5.60. The van der Waals surface area contributed by atoms with E-state index >= 15 is 0 Å². The lowest BCUT2D eigenvalue weighted by atomic mass is 10.2. The molecule has 2 aromatic heterocycles. The number of nitrogens with zero attached hydrogens (tertiary/aromatic N) is 2.